The third-order valence-corrected chi connectivity index (χ3v) is 5.92. The molecule has 0 saturated carbocycles. The molecular formula is C20H21FN4O4S. The van der Waals surface area contributed by atoms with Crippen LogP contribution in [0.1, 0.15) is 11.1 Å². The number of hydrogen-bond donors (Lipinski definition) is 2. The molecule has 8 nitrogen and oxygen atoms in total. The number of carbonyl (C=O) groups excluding carboxylic acids is 2. The Morgan fingerprint density at radius 2 is 1.57 bits per heavy atom. The molecule has 0 aliphatic carbocycles. The van der Waals surface area contributed by atoms with E-state index in [4.69, 9.17) is 5.26 Å². The molecule has 2 aromatic rings. The molecular weight excluding hydrogens is 411 g/mol. The summed E-state index contributed by atoms with van der Waals surface area (Å²) in [7, 11) is -2.60. The van der Waals surface area contributed by atoms with E-state index >= 15 is 0 Å². The number of nitriles is 1. The largest absolute Gasteiger partial charge is 0.354 e. The summed E-state index contributed by atoms with van der Waals surface area (Å²) < 4.78 is 38.7. The van der Waals surface area contributed by atoms with E-state index in [-0.39, 0.29) is 36.1 Å². The number of benzene rings is 2. The van der Waals surface area contributed by atoms with E-state index in [0.717, 1.165) is 4.31 Å². The Morgan fingerprint density at radius 3 is 2.13 bits per heavy atom. The molecule has 0 atom stereocenters. The van der Waals surface area contributed by atoms with Crippen LogP contribution in [0.3, 0.4) is 0 Å². The fraction of sp³-hybridized carbons (Fsp3) is 0.250. The summed E-state index contributed by atoms with van der Waals surface area (Å²) in [4.78, 5) is 23.8. The summed E-state index contributed by atoms with van der Waals surface area (Å²) in [5, 5.41) is 13.9. The number of rotatable bonds is 9. The highest BCUT2D eigenvalue weighted by molar-refractivity contribution is 7.89. The second-order valence-electron chi connectivity index (χ2n) is 6.40. The summed E-state index contributed by atoms with van der Waals surface area (Å²) in [6, 6.07) is 12.8. The molecule has 2 rings (SSSR count). The number of amides is 2. The van der Waals surface area contributed by atoms with Gasteiger partial charge < -0.3 is 10.6 Å². The number of halogens is 1. The maximum absolute atomic E-state index is 12.8. The molecule has 0 aliphatic rings. The number of nitrogens with zero attached hydrogens (tertiary/aromatic N) is 2. The Bertz CT molecular complexity index is 1030. The van der Waals surface area contributed by atoms with Crippen molar-refractivity contribution in [3.05, 3.63) is 65.5 Å². The summed E-state index contributed by atoms with van der Waals surface area (Å²) in [6.45, 7) is -0.109. The molecule has 0 unspecified atom stereocenters. The Balaban J connectivity index is 1.74. The summed E-state index contributed by atoms with van der Waals surface area (Å²) >= 11 is 0. The normalized spacial score (nSPS) is 11.0. The second-order valence-corrected chi connectivity index (χ2v) is 8.45. The van der Waals surface area contributed by atoms with Gasteiger partial charge in [-0.2, -0.15) is 9.57 Å². The third-order valence-electron chi connectivity index (χ3n) is 4.11. The standard InChI is InChI=1S/C20H21FN4O4S/c1-25(30(28,29)18-8-4-16(13-22)5-9-18)14-20(27)24-11-10-23-19(26)12-15-2-6-17(21)7-3-15/h2-9H,10-12,14H2,1H3,(H,23,26)(H,24,27). The highest BCUT2D eigenvalue weighted by Crippen LogP contribution is 2.14. The first-order chi connectivity index (χ1) is 14.2. The molecule has 0 aliphatic heterocycles. The quantitative estimate of drug-likeness (QED) is 0.568. The van der Waals surface area contributed by atoms with E-state index in [9.17, 15) is 22.4 Å². The van der Waals surface area contributed by atoms with Gasteiger partial charge in [-0.25, -0.2) is 12.8 Å². The Morgan fingerprint density at radius 1 is 1.00 bits per heavy atom. The molecule has 2 amide bonds. The first-order valence-electron chi connectivity index (χ1n) is 8.96. The number of hydrogen-bond acceptors (Lipinski definition) is 5. The van der Waals surface area contributed by atoms with E-state index in [0.29, 0.717) is 11.1 Å². The molecule has 30 heavy (non-hydrogen) atoms. The van der Waals surface area contributed by atoms with Gasteiger partial charge in [-0.3, -0.25) is 9.59 Å². The van der Waals surface area contributed by atoms with Gasteiger partial charge in [-0.15, -0.1) is 0 Å². The highest BCUT2D eigenvalue weighted by atomic mass is 32.2. The molecule has 0 spiro atoms. The molecule has 2 aromatic carbocycles. The van der Waals surface area contributed by atoms with Gasteiger partial charge in [0.05, 0.1) is 29.5 Å². The van der Waals surface area contributed by atoms with Crippen molar-refractivity contribution in [3.8, 4) is 6.07 Å². The molecule has 0 bridgehead atoms. The van der Waals surface area contributed by atoms with E-state index in [1.54, 1.807) is 0 Å². The minimum absolute atomic E-state index is 0.0233. The summed E-state index contributed by atoms with van der Waals surface area (Å²) in [5.74, 6) is -1.19. The topological polar surface area (TPSA) is 119 Å². The van der Waals surface area contributed by atoms with Crippen molar-refractivity contribution in [2.75, 3.05) is 26.7 Å². The van der Waals surface area contributed by atoms with Gasteiger partial charge in [0.1, 0.15) is 5.82 Å². The number of nitrogens with one attached hydrogen (secondary N) is 2. The average Bonchev–Trinajstić information content (AvgIpc) is 2.73. The van der Waals surface area contributed by atoms with Gasteiger partial charge in [0, 0.05) is 20.1 Å². The maximum Gasteiger partial charge on any atom is 0.243 e. The number of carbonyl (C=O) groups is 2. The zero-order valence-electron chi connectivity index (χ0n) is 16.3. The second kappa shape index (κ2) is 10.5. The van der Waals surface area contributed by atoms with Crippen LogP contribution in [0.2, 0.25) is 0 Å². The Hall–Kier alpha value is -3.29. The lowest BCUT2D eigenvalue weighted by Crippen LogP contribution is -2.41. The molecule has 10 heteroatoms. The molecule has 0 radical (unpaired) electrons. The lowest BCUT2D eigenvalue weighted by atomic mass is 10.1. The lowest BCUT2D eigenvalue weighted by molar-refractivity contribution is -0.122. The van der Waals surface area contributed by atoms with Crippen molar-refractivity contribution in [2.45, 2.75) is 11.3 Å². The zero-order chi connectivity index (χ0) is 22.1. The predicted octanol–water partition coefficient (Wildman–Crippen LogP) is 0.793. The molecule has 0 fully saturated rings. The molecule has 0 saturated heterocycles. The van der Waals surface area contributed by atoms with Crippen LogP contribution in [0.15, 0.2) is 53.4 Å². The van der Waals surface area contributed by atoms with Gasteiger partial charge >= 0.3 is 0 Å². The molecule has 0 aromatic heterocycles. The molecule has 0 heterocycles. The van der Waals surface area contributed by atoms with E-state index in [1.807, 2.05) is 6.07 Å². The van der Waals surface area contributed by atoms with Crippen LogP contribution in [-0.2, 0) is 26.0 Å². The highest BCUT2D eigenvalue weighted by Gasteiger charge is 2.22. The Kier molecular flexibility index (Phi) is 8.03. The van der Waals surface area contributed by atoms with E-state index in [2.05, 4.69) is 10.6 Å². The number of sulfonamides is 1. The Labute approximate surface area is 174 Å². The van der Waals surface area contributed by atoms with Gasteiger partial charge in [-0.05, 0) is 42.0 Å². The van der Waals surface area contributed by atoms with Crippen LogP contribution in [-0.4, -0.2) is 51.2 Å². The van der Waals surface area contributed by atoms with Crippen molar-refractivity contribution in [1.29, 1.82) is 5.26 Å². The van der Waals surface area contributed by atoms with Crippen molar-refractivity contribution in [2.24, 2.45) is 0 Å². The van der Waals surface area contributed by atoms with Gasteiger partial charge in [-0.1, -0.05) is 12.1 Å². The fourth-order valence-corrected chi connectivity index (χ4v) is 3.61. The predicted molar refractivity (Wildman–Crippen MR) is 107 cm³/mol. The number of likely N-dealkylation sites (N-methyl/N-ethyl adjacent to an activating group) is 1. The average molecular weight is 432 g/mol. The maximum atomic E-state index is 12.8. The lowest BCUT2D eigenvalue weighted by Gasteiger charge is -2.17. The van der Waals surface area contributed by atoms with Crippen molar-refractivity contribution < 1.29 is 22.4 Å². The monoisotopic (exact) mass is 432 g/mol. The van der Waals surface area contributed by atoms with E-state index in [1.165, 1.54) is 55.6 Å². The van der Waals surface area contributed by atoms with Gasteiger partial charge in [0.2, 0.25) is 21.8 Å². The van der Waals surface area contributed by atoms with Crippen molar-refractivity contribution in [1.82, 2.24) is 14.9 Å². The SMILES string of the molecule is CN(CC(=O)NCCNC(=O)Cc1ccc(F)cc1)S(=O)(=O)c1ccc(C#N)cc1. The van der Waals surface area contributed by atoms with Crippen LogP contribution in [0.4, 0.5) is 4.39 Å². The first-order valence-corrected chi connectivity index (χ1v) is 10.4. The summed E-state index contributed by atoms with van der Waals surface area (Å²) in [5.41, 5.74) is 0.989. The van der Waals surface area contributed by atoms with E-state index < -0.39 is 22.5 Å². The van der Waals surface area contributed by atoms with Crippen molar-refractivity contribution in [3.63, 3.8) is 0 Å². The van der Waals surface area contributed by atoms with Crippen LogP contribution in [0.5, 0.6) is 0 Å². The van der Waals surface area contributed by atoms with Crippen LogP contribution < -0.4 is 10.6 Å². The zero-order valence-corrected chi connectivity index (χ0v) is 17.1. The molecule has 2 N–H and O–H groups in total. The first kappa shape index (κ1) is 23.0. The minimum atomic E-state index is -3.87. The third kappa shape index (κ3) is 6.65. The fourth-order valence-electron chi connectivity index (χ4n) is 2.48. The van der Waals surface area contributed by atoms with Crippen LogP contribution in [0.25, 0.3) is 0 Å². The van der Waals surface area contributed by atoms with Gasteiger partial charge in [0.15, 0.2) is 0 Å². The van der Waals surface area contributed by atoms with Gasteiger partial charge in [0.25, 0.3) is 0 Å². The molecule has 158 valence electrons. The summed E-state index contributed by atoms with van der Waals surface area (Å²) in [6.07, 6.45) is 0.0831. The minimum Gasteiger partial charge on any atom is -0.354 e. The smallest absolute Gasteiger partial charge is 0.243 e. The van der Waals surface area contributed by atoms with Crippen LogP contribution in [0, 0.1) is 17.1 Å². The van der Waals surface area contributed by atoms with Crippen molar-refractivity contribution >= 4 is 21.8 Å². The van der Waals surface area contributed by atoms with Crippen LogP contribution >= 0.6 is 0 Å².